The Morgan fingerprint density at radius 2 is 0.917 bits per heavy atom. The van der Waals surface area contributed by atoms with Gasteiger partial charge in [0.25, 0.3) is 0 Å². The maximum Gasteiger partial charge on any atom is 0.0622 e. The molecule has 0 bridgehead atoms. The van der Waals surface area contributed by atoms with Gasteiger partial charge in [-0.05, 0) is 50.7 Å². The SMILES string of the molecule is Cc1nc(CCc2ccccc2)c(C)nc1CCc1ccccc1. The third kappa shape index (κ3) is 4.29. The minimum absolute atomic E-state index is 0.947. The van der Waals surface area contributed by atoms with E-state index in [1.54, 1.807) is 0 Å². The molecule has 0 unspecified atom stereocenters. The molecule has 1 aromatic heterocycles. The third-order valence-corrected chi connectivity index (χ3v) is 4.43. The van der Waals surface area contributed by atoms with Crippen molar-refractivity contribution in [1.29, 1.82) is 0 Å². The minimum Gasteiger partial charge on any atom is -0.254 e. The van der Waals surface area contributed by atoms with Gasteiger partial charge in [-0.2, -0.15) is 0 Å². The van der Waals surface area contributed by atoms with Gasteiger partial charge in [-0.25, -0.2) is 0 Å². The van der Waals surface area contributed by atoms with Gasteiger partial charge < -0.3 is 0 Å². The molecule has 0 aliphatic heterocycles. The zero-order valence-corrected chi connectivity index (χ0v) is 14.5. The third-order valence-electron chi connectivity index (χ3n) is 4.43. The van der Waals surface area contributed by atoms with E-state index in [9.17, 15) is 0 Å². The summed E-state index contributed by atoms with van der Waals surface area (Å²) in [6.45, 7) is 4.16. The predicted octanol–water partition coefficient (Wildman–Crippen LogP) is 4.66. The lowest BCUT2D eigenvalue weighted by atomic mass is 10.0. The molecule has 0 saturated carbocycles. The van der Waals surface area contributed by atoms with Crippen LogP contribution in [0.15, 0.2) is 60.7 Å². The second kappa shape index (κ2) is 7.87. The molecule has 0 fully saturated rings. The van der Waals surface area contributed by atoms with Crippen molar-refractivity contribution >= 4 is 0 Å². The van der Waals surface area contributed by atoms with Crippen molar-refractivity contribution in [1.82, 2.24) is 9.97 Å². The Morgan fingerprint density at radius 3 is 1.29 bits per heavy atom. The summed E-state index contributed by atoms with van der Waals surface area (Å²) in [6.07, 6.45) is 3.92. The van der Waals surface area contributed by atoms with E-state index in [1.165, 1.54) is 11.1 Å². The van der Waals surface area contributed by atoms with E-state index in [0.717, 1.165) is 48.5 Å². The monoisotopic (exact) mass is 316 g/mol. The zero-order valence-electron chi connectivity index (χ0n) is 14.5. The number of nitrogens with zero attached hydrogens (tertiary/aromatic N) is 2. The molecule has 2 aromatic carbocycles. The van der Waals surface area contributed by atoms with Crippen LogP contribution in [0.1, 0.15) is 33.9 Å². The summed E-state index contributed by atoms with van der Waals surface area (Å²) in [5.74, 6) is 0. The van der Waals surface area contributed by atoms with Crippen molar-refractivity contribution in [2.75, 3.05) is 0 Å². The molecule has 0 N–H and O–H groups in total. The van der Waals surface area contributed by atoms with Gasteiger partial charge in [-0.15, -0.1) is 0 Å². The van der Waals surface area contributed by atoms with Gasteiger partial charge in [0.05, 0.1) is 22.8 Å². The number of hydrogen-bond donors (Lipinski definition) is 0. The molecule has 0 saturated heterocycles. The summed E-state index contributed by atoms with van der Waals surface area (Å²) in [4.78, 5) is 9.68. The fourth-order valence-corrected chi connectivity index (χ4v) is 2.98. The van der Waals surface area contributed by atoms with Gasteiger partial charge in [-0.3, -0.25) is 9.97 Å². The molecule has 0 aliphatic rings. The van der Waals surface area contributed by atoms with Gasteiger partial charge in [0, 0.05) is 0 Å². The standard InChI is InChI=1S/C22H24N2/c1-17-21(15-13-19-9-5-3-6-10-19)24-18(2)22(23-17)16-14-20-11-7-4-8-12-20/h3-12H,13-16H2,1-2H3. The normalized spacial score (nSPS) is 10.8. The van der Waals surface area contributed by atoms with Crippen molar-refractivity contribution in [2.24, 2.45) is 0 Å². The summed E-state index contributed by atoms with van der Waals surface area (Å²) >= 11 is 0. The van der Waals surface area contributed by atoms with Crippen LogP contribution in [0.2, 0.25) is 0 Å². The maximum atomic E-state index is 4.84. The fourth-order valence-electron chi connectivity index (χ4n) is 2.98. The molecule has 1 heterocycles. The number of hydrogen-bond acceptors (Lipinski definition) is 2. The largest absolute Gasteiger partial charge is 0.254 e. The van der Waals surface area contributed by atoms with Crippen molar-refractivity contribution < 1.29 is 0 Å². The second-order valence-corrected chi connectivity index (χ2v) is 6.26. The molecule has 2 nitrogen and oxygen atoms in total. The highest BCUT2D eigenvalue weighted by molar-refractivity contribution is 5.23. The van der Waals surface area contributed by atoms with E-state index in [1.807, 2.05) is 0 Å². The fraction of sp³-hybridized carbons (Fsp3) is 0.273. The lowest BCUT2D eigenvalue weighted by Crippen LogP contribution is -2.07. The Balaban J connectivity index is 1.67. The first-order chi connectivity index (χ1) is 11.7. The predicted molar refractivity (Wildman–Crippen MR) is 99.2 cm³/mol. The van der Waals surface area contributed by atoms with Crippen LogP contribution in [0.4, 0.5) is 0 Å². The van der Waals surface area contributed by atoms with Crippen LogP contribution < -0.4 is 0 Å². The van der Waals surface area contributed by atoms with Crippen LogP contribution >= 0.6 is 0 Å². The van der Waals surface area contributed by atoms with E-state index < -0.39 is 0 Å². The van der Waals surface area contributed by atoms with Crippen molar-refractivity contribution in [2.45, 2.75) is 39.5 Å². The number of aromatic nitrogens is 2. The Kier molecular flexibility index (Phi) is 5.37. The van der Waals surface area contributed by atoms with E-state index in [-0.39, 0.29) is 0 Å². The molecule has 2 heteroatoms. The first-order valence-electron chi connectivity index (χ1n) is 8.63. The Hall–Kier alpha value is -2.48. The van der Waals surface area contributed by atoms with Crippen LogP contribution in [0, 0.1) is 13.8 Å². The molecule has 24 heavy (non-hydrogen) atoms. The molecule has 0 aliphatic carbocycles. The van der Waals surface area contributed by atoms with Gasteiger partial charge >= 0.3 is 0 Å². The van der Waals surface area contributed by atoms with E-state index in [2.05, 4.69) is 74.5 Å². The Bertz CT molecular complexity index is 711. The van der Waals surface area contributed by atoms with E-state index in [0.29, 0.717) is 0 Å². The van der Waals surface area contributed by atoms with E-state index >= 15 is 0 Å². The van der Waals surface area contributed by atoms with Crippen molar-refractivity contribution in [3.63, 3.8) is 0 Å². The summed E-state index contributed by atoms with van der Waals surface area (Å²) in [6, 6.07) is 21.1. The number of rotatable bonds is 6. The Labute approximate surface area is 144 Å². The first-order valence-corrected chi connectivity index (χ1v) is 8.63. The average molecular weight is 316 g/mol. The van der Waals surface area contributed by atoms with Crippen LogP contribution in [-0.4, -0.2) is 9.97 Å². The molecule has 0 radical (unpaired) electrons. The molecule has 3 rings (SSSR count). The quantitative estimate of drug-likeness (QED) is 0.661. The summed E-state index contributed by atoms with van der Waals surface area (Å²) < 4.78 is 0. The summed E-state index contributed by atoms with van der Waals surface area (Å²) in [5.41, 5.74) is 7.09. The maximum absolute atomic E-state index is 4.84. The van der Waals surface area contributed by atoms with Crippen LogP contribution in [0.3, 0.4) is 0 Å². The summed E-state index contributed by atoms with van der Waals surface area (Å²) in [5, 5.41) is 0. The van der Waals surface area contributed by atoms with Gasteiger partial charge in [-0.1, -0.05) is 60.7 Å². The van der Waals surface area contributed by atoms with Gasteiger partial charge in [0.2, 0.25) is 0 Å². The molecule has 0 spiro atoms. The average Bonchev–Trinajstić information content (AvgIpc) is 2.62. The van der Waals surface area contributed by atoms with Crippen LogP contribution in [0.5, 0.6) is 0 Å². The molecule has 0 atom stereocenters. The Morgan fingerprint density at radius 1 is 0.542 bits per heavy atom. The summed E-state index contributed by atoms with van der Waals surface area (Å²) in [7, 11) is 0. The smallest absolute Gasteiger partial charge is 0.0622 e. The number of aryl methyl sites for hydroxylation is 6. The lowest BCUT2D eigenvalue weighted by molar-refractivity contribution is 0.811. The number of benzene rings is 2. The van der Waals surface area contributed by atoms with Crippen LogP contribution in [0.25, 0.3) is 0 Å². The molecular formula is C22H24N2. The highest BCUT2D eigenvalue weighted by atomic mass is 14.8. The van der Waals surface area contributed by atoms with Gasteiger partial charge in [0.15, 0.2) is 0 Å². The van der Waals surface area contributed by atoms with Gasteiger partial charge in [0.1, 0.15) is 0 Å². The first kappa shape index (κ1) is 16.4. The van der Waals surface area contributed by atoms with E-state index in [4.69, 9.17) is 9.97 Å². The molecule has 0 amide bonds. The zero-order chi connectivity index (χ0) is 16.8. The van der Waals surface area contributed by atoms with Crippen molar-refractivity contribution in [3.05, 3.63) is 94.6 Å². The topological polar surface area (TPSA) is 25.8 Å². The highest BCUT2D eigenvalue weighted by Crippen LogP contribution is 2.14. The second-order valence-electron chi connectivity index (χ2n) is 6.26. The molecular weight excluding hydrogens is 292 g/mol. The lowest BCUT2D eigenvalue weighted by Gasteiger charge is -2.11. The highest BCUT2D eigenvalue weighted by Gasteiger charge is 2.09. The molecule has 122 valence electrons. The minimum atomic E-state index is 0.947. The van der Waals surface area contributed by atoms with Crippen molar-refractivity contribution in [3.8, 4) is 0 Å². The molecule has 3 aromatic rings. The van der Waals surface area contributed by atoms with Crippen LogP contribution in [-0.2, 0) is 25.7 Å².